The molecule has 0 spiro atoms. The van der Waals surface area contributed by atoms with Crippen LogP contribution in [0.4, 0.5) is 5.69 Å². The fraction of sp³-hybridized carbons (Fsp3) is 0.370. The van der Waals surface area contributed by atoms with Crippen molar-refractivity contribution in [3.63, 3.8) is 0 Å². The van der Waals surface area contributed by atoms with Crippen LogP contribution >= 0.6 is 0 Å². The molecule has 0 atom stereocenters. The molecule has 0 aliphatic carbocycles. The lowest BCUT2D eigenvalue weighted by atomic mass is 10.0. The second kappa shape index (κ2) is 9.54. The normalized spacial score (nSPS) is 14.7. The van der Waals surface area contributed by atoms with Gasteiger partial charge in [0, 0.05) is 30.9 Å². The molecule has 1 saturated heterocycles. The van der Waals surface area contributed by atoms with Crippen LogP contribution < -0.4 is 15.2 Å². The number of aromatic nitrogens is 4. The van der Waals surface area contributed by atoms with Crippen LogP contribution in [0.5, 0.6) is 5.75 Å². The zero-order valence-electron chi connectivity index (χ0n) is 20.8. The Morgan fingerprint density at radius 3 is 2.51 bits per heavy atom. The maximum absolute atomic E-state index is 13.2. The van der Waals surface area contributed by atoms with Crippen LogP contribution in [0.2, 0.25) is 0 Å². The molecule has 35 heavy (non-hydrogen) atoms. The van der Waals surface area contributed by atoms with Gasteiger partial charge in [0.25, 0.3) is 5.56 Å². The predicted molar refractivity (Wildman–Crippen MR) is 140 cm³/mol. The number of hydrogen-bond acceptors (Lipinski definition) is 6. The van der Waals surface area contributed by atoms with Crippen molar-refractivity contribution in [1.29, 1.82) is 0 Å². The minimum Gasteiger partial charge on any atom is -0.493 e. The molecule has 1 N–H and O–H groups in total. The third-order valence-corrected chi connectivity index (χ3v) is 6.78. The van der Waals surface area contributed by atoms with Gasteiger partial charge in [-0.15, -0.1) is 0 Å². The second-order valence-corrected chi connectivity index (χ2v) is 9.24. The molecule has 3 heterocycles. The first-order valence-corrected chi connectivity index (χ1v) is 12.2. The lowest BCUT2D eigenvalue weighted by molar-refractivity contribution is 0.249. The number of nitrogens with one attached hydrogen (secondary N) is 1. The van der Waals surface area contributed by atoms with Gasteiger partial charge in [-0.05, 0) is 65.0 Å². The average Bonchev–Trinajstić information content (AvgIpc) is 3.21. The summed E-state index contributed by atoms with van der Waals surface area (Å²) in [5, 5.41) is 4.60. The lowest BCUT2D eigenvalue weighted by Crippen LogP contribution is -2.41. The first-order chi connectivity index (χ1) is 17.0. The summed E-state index contributed by atoms with van der Waals surface area (Å²) in [6.45, 7) is 6.38. The Balaban J connectivity index is 1.53. The van der Waals surface area contributed by atoms with E-state index in [0.29, 0.717) is 35.2 Å². The van der Waals surface area contributed by atoms with E-state index in [-0.39, 0.29) is 5.56 Å². The van der Waals surface area contributed by atoms with Crippen LogP contribution in [0, 0.1) is 6.92 Å². The molecule has 0 radical (unpaired) electrons. The maximum atomic E-state index is 13.2. The van der Waals surface area contributed by atoms with Crippen LogP contribution in [0.25, 0.3) is 28.1 Å². The van der Waals surface area contributed by atoms with Gasteiger partial charge in [0.05, 0.1) is 23.6 Å². The third-order valence-electron chi connectivity index (χ3n) is 6.78. The van der Waals surface area contributed by atoms with E-state index in [2.05, 4.69) is 46.1 Å². The predicted octanol–water partition coefficient (Wildman–Crippen LogP) is 4.01. The molecule has 8 nitrogen and oxygen atoms in total. The van der Waals surface area contributed by atoms with E-state index in [0.717, 1.165) is 48.6 Å². The van der Waals surface area contributed by atoms with E-state index in [1.807, 2.05) is 50.2 Å². The van der Waals surface area contributed by atoms with Gasteiger partial charge in [0.1, 0.15) is 17.1 Å². The molecular formula is C27H32N6O2. The van der Waals surface area contributed by atoms with Gasteiger partial charge >= 0.3 is 0 Å². The topological polar surface area (TPSA) is 79.3 Å². The van der Waals surface area contributed by atoms with Crippen molar-refractivity contribution in [2.24, 2.45) is 0 Å². The Morgan fingerprint density at radius 2 is 1.83 bits per heavy atom. The maximum Gasteiger partial charge on any atom is 0.277 e. The van der Waals surface area contributed by atoms with Crippen LogP contribution in [-0.4, -0.2) is 64.5 Å². The Labute approximate surface area is 205 Å². The molecule has 0 saturated carbocycles. The third kappa shape index (κ3) is 4.41. The monoisotopic (exact) mass is 472 g/mol. The van der Waals surface area contributed by atoms with Crippen molar-refractivity contribution in [3.8, 4) is 22.8 Å². The Bertz CT molecular complexity index is 1380. The highest BCUT2D eigenvalue weighted by molar-refractivity contribution is 5.81. The smallest absolute Gasteiger partial charge is 0.277 e. The van der Waals surface area contributed by atoms with Crippen molar-refractivity contribution in [2.75, 3.05) is 38.7 Å². The average molecular weight is 473 g/mol. The van der Waals surface area contributed by atoms with E-state index in [1.54, 1.807) is 4.68 Å². The number of anilines is 1. The molecule has 0 amide bonds. The van der Waals surface area contributed by atoms with Gasteiger partial charge in [-0.25, -0.2) is 9.67 Å². The number of nitrogens with zero attached hydrogens (tertiary/aromatic N) is 5. The van der Waals surface area contributed by atoms with E-state index in [1.165, 1.54) is 0 Å². The van der Waals surface area contributed by atoms with Gasteiger partial charge in [-0.2, -0.15) is 5.10 Å². The largest absolute Gasteiger partial charge is 0.493 e. The summed E-state index contributed by atoms with van der Waals surface area (Å²) < 4.78 is 7.68. The van der Waals surface area contributed by atoms with E-state index < -0.39 is 0 Å². The standard InChI is InChI=1S/C27H32N6O2/c1-5-35-23-17-21(32-15-13-19(14-16-32)31(3)4)11-12-22(23)26-28-24-18(2)30-33(25(24)27(34)29-26)20-9-7-6-8-10-20/h6-12,17,19H,5,13-16H2,1-4H3,(H,28,29,34). The van der Waals surface area contributed by atoms with Gasteiger partial charge in [0.2, 0.25) is 0 Å². The molecule has 0 bridgehead atoms. The van der Waals surface area contributed by atoms with Gasteiger partial charge in [-0.1, -0.05) is 18.2 Å². The number of ether oxygens (including phenoxy) is 1. The molecule has 1 fully saturated rings. The molecule has 2 aromatic heterocycles. The van der Waals surface area contributed by atoms with Crippen LogP contribution in [-0.2, 0) is 0 Å². The number of H-pyrrole nitrogens is 1. The highest BCUT2D eigenvalue weighted by atomic mass is 16.5. The fourth-order valence-electron chi connectivity index (χ4n) is 4.87. The van der Waals surface area contributed by atoms with Gasteiger partial charge in [-0.3, -0.25) is 4.79 Å². The summed E-state index contributed by atoms with van der Waals surface area (Å²) in [5.41, 5.74) is 4.22. The van der Waals surface area contributed by atoms with Crippen LogP contribution in [0.3, 0.4) is 0 Å². The van der Waals surface area contributed by atoms with E-state index in [4.69, 9.17) is 9.72 Å². The van der Waals surface area contributed by atoms with Crippen LogP contribution in [0.1, 0.15) is 25.5 Å². The zero-order chi connectivity index (χ0) is 24.5. The first-order valence-electron chi connectivity index (χ1n) is 12.2. The molecule has 2 aromatic carbocycles. The summed E-state index contributed by atoms with van der Waals surface area (Å²) in [4.78, 5) is 25.8. The van der Waals surface area contributed by atoms with E-state index >= 15 is 0 Å². The molecule has 1 aliphatic rings. The van der Waals surface area contributed by atoms with Crippen molar-refractivity contribution in [1.82, 2.24) is 24.6 Å². The van der Waals surface area contributed by atoms with Crippen LogP contribution in [0.15, 0.2) is 53.3 Å². The molecule has 4 aromatic rings. The second-order valence-electron chi connectivity index (χ2n) is 9.24. The summed E-state index contributed by atoms with van der Waals surface area (Å²) in [5.74, 6) is 1.20. The number of para-hydroxylation sites is 1. The number of piperidine rings is 1. The summed E-state index contributed by atoms with van der Waals surface area (Å²) >= 11 is 0. The summed E-state index contributed by atoms with van der Waals surface area (Å²) in [6, 6.07) is 16.4. The number of rotatable bonds is 6. The number of benzene rings is 2. The summed E-state index contributed by atoms with van der Waals surface area (Å²) in [6.07, 6.45) is 2.27. The minimum atomic E-state index is -0.230. The van der Waals surface area contributed by atoms with Crippen molar-refractivity contribution < 1.29 is 4.74 Å². The molecule has 5 rings (SSSR count). The van der Waals surface area contributed by atoms with Crippen molar-refractivity contribution in [2.45, 2.75) is 32.7 Å². The fourth-order valence-corrected chi connectivity index (χ4v) is 4.87. The molecular weight excluding hydrogens is 440 g/mol. The number of hydrogen-bond donors (Lipinski definition) is 1. The number of aryl methyl sites for hydroxylation is 1. The van der Waals surface area contributed by atoms with Gasteiger partial charge in [0.15, 0.2) is 5.52 Å². The Morgan fingerprint density at radius 1 is 1.09 bits per heavy atom. The molecule has 0 unspecified atom stereocenters. The highest BCUT2D eigenvalue weighted by Gasteiger charge is 2.23. The molecule has 1 aliphatic heterocycles. The summed E-state index contributed by atoms with van der Waals surface area (Å²) in [7, 11) is 4.30. The first kappa shape index (κ1) is 23.1. The van der Waals surface area contributed by atoms with Gasteiger partial charge < -0.3 is 19.5 Å². The zero-order valence-corrected chi connectivity index (χ0v) is 20.8. The number of aromatic amines is 1. The molecule has 182 valence electrons. The van der Waals surface area contributed by atoms with Crippen molar-refractivity contribution >= 4 is 16.7 Å². The number of fused-ring (bicyclic) bond motifs is 1. The lowest BCUT2D eigenvalue weighted by Gasteiger charge is -2.36. The Kier molecular flexibility index (Phi) is 6.30. The Hall–Kier alpha value is -3.65. The minimum absolute atomic E-state index is 0.230. The quantitative estimate of drug-likeness (QED) is 0.457. The van der Waals surface area contributed by atoms with Crippen molar-refractivity contribution in [3.05, 3.63) is 64.6 Å². The van der Waals surface area contributed by atoms with E-state index in [9.17, 15) is 4.79 Å². The SMILES string of the molecule is CCOc1cc(N2CCC(N(C)C)CC2)ccc1-c1nc2c(C)nn(-c3ccccc3)c2c(=O)[nH]1. The molecule has 8 heteroatoms. The highest BCUT2D eigenvalue weighted by Crippen LogP contribution is 2.34.